The molecule has 19 heavy (non-hydrogen) atoms. The monoisotopic (exact) mass is 258 g/mol. The largest absolute Gasteiger partial charge is 0.384 e. The molecule has 2 heterocycles. The van der Waals surface area contributed by atoms with E-state index in [-0.39, 0.29) is 0 Å². The number of anilines is 1. The van der Waals surface area contributed by atoms with E-state index in [0.29, 0.717) is 11.3 Å². The summed E-state index contributed by atoms with van der Waals surface area (Å²) in [4.78, 5) is 2.66. The van der Waals surface area contributed by atoms with Crippen molar-refractivity contribution in [2.45, 2.75) is 39.0 Å². The van der Waals surface area contributed by atoms with Gasteiger partial charge in [-0.1, -0.05) is 32.0 Å². The van der Waals surface area contributed by atoms with Crippen LogP contribution in [0, 0.1) is 5.41 Å². The highest BCUT2D eigenvalue weighted by Crippen LogP contribution is 2.34. The molecule has 1 unspecified atom stereocenters. The van der Waals surface area contributed by atoms with Crippen LogP contribution in [-0.4, -0.2) is 31.1 Å². The molecule has 3 rings (SSSR count). The summed E-state index contributed by atoms with van der Waals surface area (Å²) in [6.45, 7) is 9.77. The summed E-state index contributed by atoms with van der Waals surface area (Å²) in [5, 5.41) is 3.53. The van der Waals surface area contributed by atoms with Gasteiger partial charge in [0.25, 0.3) is 0 Å². The van der Waals surface area contributed by atoms with Crippen LogP contribution in [0.15, 0.2) is 24.3 Å². The first kappa shape index (κ1) is 13.0. The Hall–Kier alpha value is -1.02. The van der Waals surface area contributed by atoms with Gasteiger partial charge in [-0.05, 0) is 55.9 Å². The number of para-hydroxylation sites is 1. The zero-order chi connectivity index (χ0) is 13.3. The number of nitrogens with zero attached hydrogens (tertiary/aromatic N) is 1. The lowest BCUT2D eigenvalue weighted by molar-refractivity contribution is 0.130. The van der Waals surface area contributed by atoms with Crippen LogP contribution in [0.1, 0.15) is 44.6 Å². The van der Waals surface area contributed by atoms with Crippen LogP contribution in [0.2, 0.25) is 0 Å². The summed E-state index contributed by atoms with van der Waals surface area (Å²) >= 11 is 0. The van der Waals surface area contributed by atoms with Crippen molar-refractivity contribution in [3.8, 4) is 0 Å². The summed E-state index contributed by atoms with van der Waals surface area (Å²) in [5.74, 6) is 0.714. The van der Waals surface area contributed by atoms with Crippen molar-refractivity contribution in [3.63, 3.8) is 0 Å². The van der Waals surface area contributed by atoms with Gasteiger partial charge in [-0.15, -0.1) is 0 Å². The Morgan fingerprint density at radius 3 is 2.74 bits per heavy atom. The second-order valence-corrected chi connectivity index (χ2v) is 6.96. The van der Waals surface area contributed by atoms with Gasteiger partial charge in [0.05, 0.1) is 0 Å². The van der Waals surface area contributed by atoms with Crippen molar-refractivity contribution in [1.29, 1.82) is 0 Å². The number of fused-ring (bicyclic) bond motifs is 1. The number of nitrogens with one attached hydrogen (secondary N) is 1. The predicted octanol–water partition coefficient (Wildman–Crippen LogP) is 3.71. The van der Waals surface area contributed by atoms with Gasteiger partial charge in [0.1, 0.15) is 0 Å². The Kier molecular flexibility index (Phi) is 3.53. The van der Waals surface area contributed by atoms with E-state index in [9.17, 15) is 0 Å². The van der Waals surface area contributed by atoms with Gasteiger partial charge in [-0.2, -0.15) is 0 Å². The van der Waals surface area contributed by atoms with Crippen molar-refractivity contribution in [2.75, 3.05) is 31.5 Å². The zero-order valence-electron chi connectivity index (χ0n) is 12.3. The molecule has 0 radical (unpaired) electrons. The van der Waals surface area contributed by atoms with Gasteiger partial charge >= 0.3 is 0 Å². The van der Waals surface area contributed by atoms with Gasteiger partial charge in [-0.25, -0.2) is 0 Å². The minimum atomic E-state index is 0.567. The van der Waals surface area contributed by atoms with E-state index in [1.807, 2.05) is 0 Å². The summed E-state index contributed by atoms with van der Waals surface area (Å²) in [6.07, 6.45) is 4.00. The lowest BCUT2D eigenvalue weighted by atomic mass is 9.82. The molecule has 0 aliphatic carbocycles. The van der Waals surface area contributed by atoms with Crippen molar-refractivity contribution in [2.24, 2.45) is 5.41 Å². The zero-order valence-corrected chi connectivity index (χ0v) is 12.3. The number of benzene rings is 1. The number of piperidine rings is 1. The van der Waals surface area contributed by atoms with Crippen LogP contribution in [0.5, 0.6) is 0 Å². The predicted molar refractivity (Wildman–Crippen MR) is 81.7 cm³/mol. The fourth-order valence-corrected chi connectivity index (χ4v) is 3.34. The molecule has 0 amide bonds. The summed E-state index contributed by atoms with van der Waals surface area (Å²) in [6, 6.07) is 8.79. The van der Waals surface area contributed by atoms with Gasteiger partial charge in [0.2, 0.25) is 0 Å². The molecule has 2 nitrogen and oxygen atoms in total. The number of likely N-dealkylation sites (tertiary alicyclic amines) is 1. The van der Waals surface area contributed by atoms with Gasteiger partial charge in [0, 0.05) is 18.2 Å². The highest BCUT2D eigenvalue weighted by atomic mass is 15.1. The molecular formula is C17H26N2. The molecule has 1 aromatic carbocycles. The van der Waals surface area contributed by atoms with Crippen molar-refractivity contribution in [1.82, 2.24) is 4.90 Å². The van der Waals surface area contributed by atoms with Gasteiger partial charge in [0.15, 0.2) is 0 Å². The highest BCUT2D eigenvalue weighted by molar-refractivity contribution is 5.57. The lowest BCUT2D eigenvalue weighted by Gasteiger charge is -2.37. The first-order valence-electron chi connectivity index (χ1n) is 7.69. The lowest BCUT2D eigenvalue weighted by Crippen LogP contribution is -2.38. The number of rotatable bonds is 3. The van der Waals surface area contributed by atoms with Crippen LogP contribution in [0.4, 0.5) is 5.69 Å². The fourth-order valence-electron chi connectivity index (χ4n) is 3.34. The highest BCUT2D eigenvalue weighted by Gasteiger charge is 2.27. The van der Waals surface area contributed by atoms with E-state index in [2.05, 4.69) is 48.3 Å². The molecule has 2 aliphatic rings. The third-order valence-corrected chi connectivity index (χ3v) is 4.94. The van der Waals surface area contributed by atoms with Gasteiger partial charge < -0.3 is 10.2 Å². The molecular weight excluding hydrogens is 232 g/mol. The Bertz CT molecular complexity index is 429. The van der Waals surface area contributed by atoms with Crippen molar-refractivity contribution in [3.05, 3.63) is 29.8 Å². The Labute approximate surface area is 117 Å². The summed E-state index contributed by atoms with van der Waals surface area (Å²) in [5.41, 5.74) is 3.45. The Balaban J connectivity index is 1.52. The standard InChI is InChI=1S/C17H26N2/c1-17(2)8-11-19(12-9-17)10-7-14-13-18-16-6-4-3-5-15(14)16/h3-6,14,18H,7-13H2,1-2H3. The van der Waals surface area contributed by atoms with Crippen LogP contribution in [-0.2, 0) is 0 Å². The van der Waals surface area contributed by atoms with E-state index in [0.717, 1.165) is 6.54 Å². The quantitative estimate of drug-likeness (QED) is 0.889. The molecule has 2 heteroatoms. The molecule has 0 saturated carbocycles. The maximum Gasteiger partial charge on any atom is 0.0376 e. The molecule has 104 valence electrons. The van der Waals surface area contributed by atoms with E-state index >= 15 is 0 Å². The maximum atomic E-state index is 3.53. The molecule has 0 aromatic heterocycles. The molecule has 0 bridgehead atoms. The SMILES string of the molecule is CC1(C)CCN(CCC2CNc3ccccc32)CC1. The van der Waals surface area contributed by atoms with Crippen LogP contribution in [0.3, 0.4) is 0 Å². The average molecular weight is 258 g/mol. The topological polar surface area (TPSA) is 15.3 Å². The second-order valence-electron chi connectivity index (χ2n) is 6.96. The molecule has 1 atom stereocenters. The summed E-state index contributed by atoms with van der Waals surface area (Å²) in [7, 11) is 0. The molecule has 0 spiro atoms. The minimum absolute atomic E-state index is 0.567. The maximum absolute atomic E-state index is 3.53. The minimum Gasteiger partial charge on any atom is -0.384 e. The molecule has 1 N–H and O–H groups in total. The first-order valence-corrected chi connectivity index (χ1v) is 7.69. The van der Waals surface area contributed by atoms with E-state index in [1.165, 1.54) is 50.1 Å². The molecule has 2 aliphatic heterocycles. The van der Waals surface area contributed by atoms with Crippen LogP contribution >= 0.6 is 0 Å². The molecule has 1 saturated heterocycles. The van der Waals surface area contributed by atoms with Crippen molar-refractivity contribution < 1.29 is 0 Å². The van der Waals surface area contributed by atoms with Crippen LogP contribution in [0.25, 0.3) is 0 Å². The first-order chi connectivity index (χ1) is 9.14. The summed E-state index contributed by atoms with van der Waals surface area (Å²) < 4.78 is 0. The Morgan fingerprint density at radius 1 is 1.21 bits per heavy atom. The number of hydrogen-bond acceptors (Lipinski definition) is 2. The van der Waals surface area contributed by atoms with Crippen LogP contribution < -0.4 is 5.32 Å². The second kappa shape index (κ2) is 5.16. The molecule has 1 fully saturated rings. The average Bonchev–Trinajstić information content (AvgIpc) is 2.81. The third kappa shape index (κ3) is 2.94. The fraction of sp³-hybridized carbons (Fsp3) is 0.647. The number of hydrogen-bond donors (Lipinski definition) is 1. The molecule has 1 aromatic rings. The van der Waals surface area contributed by atoms with E-state index < -0.39 is 0 Å². The normalized spacial score (nSPS) is 25.9. The third-order valence-electron chi connectivity index (χ3n) is 4.94. The Morgan fingerprint density at radius 2 is 1.95 bits per heavy atom. The van der Waals surface area contributed by atoms with E-state index in [4.69, 9.17) is 0 Å². The van der Waals surface area contributed by atoms with Crippen molar-refractivity contribution >= 4 is 5.69 Å². The van der Waals surface area contributed by atoms with Gasteiger partial charge in [-0.3, -0.25) is 0 Å². The smallest absolute Gasteiger partial charge is 0.0376 e. The van der Waals surface area contributed by atoms with E-state index in [1.54, 1.807) is 0 Å².